The van der Waals surface area contributed by atoms with E-state index in [1.807, 2.05) is 12.1 Å². The second-order valence-corrected chi connectivity index (χ2v) is 5.72. The predicted molar refractivity (Wildman–Crippen MR) is 73.3 cm³/mol. The van der Waals surface area contributed by atoms with Gasteiger partial charge in [-0.25, -0.2) is 0 Å². The van der Waals surface area contributed by atoms with E-state index in [4.69, 9.17) is 0 Å². The smallest absolute Gasteiger partial charge is 0.121 e. The molecule has 0 spiro atoms. The number of rotatable bonds is 6. The second-order valence-electron chi connectivity index (χ2n) is 5.72. The van der Waals surface area contributed by atoms with Crippen molar-refractivity contribution >= 4 is 0 Å². The zero-order chi connectivity index (χ0) is 12.8. The molecule has 0 aliphatic heterocycles. The van der Waals surface area contributed by atoms with Gasteiger partial charge < -0.3 is 5.11 Å². The molecule has 0 amide bonds. The van der Waals surface area contributed by atoms with E-state index < -0.39 is 0 Å². The Morgan fingerprint density at radius 1 is 0.941 bits per heavy atom. The highest BCUT2D eigenvalue weighted by atomic mass is 16.3. The second kappa shape index (κ2) is 6.68. The molecule has 0 fully saturated rings. The molecule has 17 heavy (non-hydrogen) atoms. The third kappa shape index (κ3) is 4.80. The summed E-state index contributed by atoms with van der Waals surface area (Å²) in [7, 11) is 0. The Labute approximate surface area is 106 Å². The van der Waals surface area contributed by atoms with Gasteiger partial charge in [0.25, 0.3) is 0 Å². The first-order chi connectivity index (χ1) is 8.00. The van der Waals surface area contributed by atoms with Crippen LogP contribution in [0.5, 0.6) is 5.75 Å². The van der Waals surface area contributed by atoms with E-state index in [0.717, 1.165) is 36.8 Å². The fourth-order valence-electron chi connectivity index (χ4n) is 1.86. The van der Waals surface area contributed by atoms with Crippen molar-refractivity contribution in [3.63, 3.8) is 0 Å². The molecule has 0 aliphatic rings. The van der Waals surface area contributed by atoms with Crippen LogP contribution in [0.1, 0.15) is 51.7 Å². The topological polar surface area (TPSA) is 20.2 Å². The van der Waals surface area contributed by atoms with Crippen molar-refractivity contribution in [3.05, 3.63) is 29.3 Å². The maximum Gasteiger partial charge on any atom is 0.121 e. The molecule has 95 valence electrons. The molecular formula is C16H25O. The fraction of sp³-hybridized carbons (Fsp3) is 0.625. The van der Waals surface area contributed by atoms with Gasteiger partial charge >= 0.3 is 0 Å². The fourth-order valence-corrected chi connectivity index (χ4v) is 1.86. The highest BCUT2D eigenvalue weighted by Crippen LogP contribution is 2.26. The molecule has 1 N–H and O–H groups in total. The number of phenolic OH excluding ortho intramolecular Hbond substituents is 1. The van der Waals surface area contributed by atoms with Crippen LogP contribution in [0.4, 0.5) is 0 Å². The first kappa shape index (κ1) is 14.1. The first-order valence-electron chi connectivity index (χ1n) is 6.71. The van der Waals surface area contributed by atoms with Gasteiger partial charge in [-0.2, -0.15) is 0 Å². The lowest BCUT2D eigenvalue weighted by molar-refractivity contribution is 0.452. The molecule has 0 saturated heterocycles. The lowest BCUT2D eigenvalue weighted by Gasteiger charge is -2.11. The Hall–Kier alpha value is -0.980. The van der Waals surface area contributed by atoms with E-state index in [-0.39, 0.29) is 0 Å². The van der Waals surface area contributed by atoms with Crippen LogP contribution >= 0.6 is 0 Å². The summed E-state index contributed by atoms with van der Waals surface area (Å²) in [5, 5.41) is 10.2. The quantitative estimate of drug-likeness (QED) is 0.773. The molecule has 0 unspecified atom stereocenters. The van der Waals surface area contributed by atoms with Crippen molar-refractivity contribution in [2.24, 2.45) is 11.8 Å². The van der Waals surface area contributed by atoms with Gasteiger partial charge in [0.15, 0.2) is 0 Å². The molecule has 0 saturated carbocycles. The average Bonchev–Trinajstić information content (AvgIpc) is 2.25. The molecule has 0 aromatic heterocycles. The first-order valence-corrected chi connectivity index (χ1v) is 6.71. The minimum Gasteiger partial charge on any atom is -0.507 e. The lowest BCUT2D eigenvalue weighted by Crippen LogP contribution is -1.97. The highest BCUT2D eigenvalue weighted by molar-refractivity contribution is 5.40. The maximum atomic E-state index is 10.2. The van der Waals surface area contributed by atoms with Gasteiger partial charge in [-0.3, -0.25) is 0 Å². The van der Waals surface area contributed by atoms with Gasteiger partial charge in [-0.1, -0.05) is 27.7 Å². The van der Waals surface area contributed by atoms with Crippen LogP contribution < -0.4 is 0 Å². The molecule has 1 rings (SSSR count). The van der Waals surface area contributed by atoms with E-state index in [9.17, 15) is 5.11 Å². The number of hydrogen-bond donors (Lipinski definition) is 1. The zero-order valence-electron chi connectivity index (χ0n) is 11.6. The van der Waals surface area contributed by atoms with Gasteiger partial charge in [0.05, 0.1) is 0 Å². The van der Waals surface area contributed by atoms with Crippen LogP contribution in [-0.2, 0) is 12.8 Å². The van der Waals surface area contributed by atoms with E-state index in [2.05, 4.69) is 33.8 Å². The van der Waals surface area contributed by atoms with Crippen LogP contribution in [0, 0.1) is 17.9 Å². The monoisotopic (exact) mass is 233 g/mol. The minimum absolute atomic E-state index is 0.505. The Kier molecular flexibility index (Phi) is 5.54. The molecule has 1 heteroatoms. The number of aromatic hydroxyl groups is 1. The van der Waals surface area contributed by atoms with E-state index in [1.165, 1.54) is 0 Å². The summed E-state index contributed by atoms with van der Waals surface area (Å²) in [6, 6.07) is 7.01. The zero-order valence-corrected chi connectivity index (χ0v) is 11.6. The van der Waals surface area contributed by atoms with Gasteiger partial charge in [0, 0.05) is 0 Å². The molecule has 0 aliphatic carbocycles. The van der Waals surface area contributed by atoms with E-state index in [0.29, 0.717) is 17.6 Å². The van der Waals surface area contributed by atoms with Crippen molar-refractivity contribution in [2.75, 3.05) is 0 Å². The summed E-state index contributed by atoms with van der Waals surface area (Å²) in [4.78, 5) is 0. The van der Waals surface area contributed by atoms with E-state index >= 15 is 0 Å². The Balaban J connectivity index is 2.69. The summed E-state index contributed by atoms with van der Waals surface area (Å²) in [6.07, 6.45) is 4.15. The molecule has 1 aromatic carbocycles. The summed E-state index contributed by atoms with van der Waals surface area (Å²) >= 11 is 0. The third-order valence-corrected chi connectivity index (χ3v) is 3.11. The van der Waals surface area contributed by atoms with Crippen LogP contribution in [0.3, 0.4) is 0 Å². The highest BCUT2D eigenvalue weighted by Gasteiger charge is 2.08. The number of aryl methyl sites for hydroxylation is 2. The Morgan fingerprint density at radius 2 is 1.35 bits per heavy atom. The van der Waals surface area contributed by atoms with Crippen LogP contribution in [-0.4, -0.2) is 5.11 Å². The maximum absolute atomic E-state index is 10.2. The average molecular weight is 233 g/mol. The molecule has 1 nitrogen and oxygen atoms in total. The lowest BCUT2D eigenvalue weighted by atomic mass is 9.96. The van der Waals surface area contributed by atoms with Gasteiger partial charge in [-0.15, -0.1) is 0 Å². The molecule has 0 bridgehead atoms. The summed E-state index contributed by atoms with van der Waals surface area (Å²) in [5.74, 6) is 1.85. The molecular weight excluding hydrogens is 208 g/mol. The van der Waals surface area contributed by atoms with Crippen molar-refractivity contribution in [3.8, 4) is 5.75 Å². The van der Waals surface area contributed by atoms with E-state index in [1.54, 1.807) is 0 Å². The summed E-state index contributed by atoms with van der Waals surface area (Å²) < 4.78 is 0. The van der Waals surface area contributed by atoms with Crippen molar-refractivity contribution in [1.82, 2.24) is 0 Å². The third-order valence-electron chi connectivity index (χ3n) is 3.11. The van der Waals surface area contributed by atoms with Gasteiger partial charge in [0.2, 0.25) is 0 Å². The summed E-state index contributed by atoms with van der Waals surface area (Å²) in [5.41, 5.74) is 2.11. The van der Waals surface area contributed by atoms with Crippen molar-refractivity contribution in [2.45, 2.75) is 53.4 Å². The normalized spacial score (nSPS) is 11.4. The molecule has 0 atom stereocenters. The van der Waals surface area contributed by atoms with Crippen LogP contribution in [0.15, 0.2) is 12.1 Å². The van der Waals surface area contributed by atoms with Crippen LogP contribution in [0.2, 0.25) is 0 Å². The molecule has 1 aromatic rings. The Bertz CT molecular complexity index is 309. The Morgan fingerprint density at radius 3 is 1.71 bits per heavy atom. The number of benzene rings is 1. The largest absolute Gasteiger partial charge is 0.507 e. The minimum atomic E-state index is 0.505. The van der Waals surface area contributed by atoms with Crippen molar-refractivity contribution < 1.29 is 5.11 Å². The predicted octanol–water partition coefficient (Wildman–Crippen LogP) is 4.37. The van der Waals surface area contributed by atoms with Gasteiger partial charge in [0.1, 0.15) is 5.75 Å². The van der Waals surface area contributed by atoms with Crippen molar-refractivity contribution in [1.29, 1.82) is 0 Å². The van der Waals surface area contributed by atoms with Crippen LogP contribution in [0.25, 0.3) is 0 Å². The summed E-state index contributed by atoms with van der Waals surface area (Å²) in [6.45, 7) is 8.85. The number of hydrogen-bond acceptors (Lipinski definition) is 1. The van der Waals surface area contributed by atoms with Gasteiger partial charge in [-0.05, 0) is 66.8 Å². The standard InChI is InChI=1S/C16H25O/c1-12(2)8-10-14-6-5-7-15(16(14)17)11-9-13(3)4/h6-7,12-13,17H,8-11H2,1-4H3. The molecule has 1 radical (unpaired) electrons. The number of phenols is 1. The molecule has 0 heterocycles. The SMILES string of the molecule is CC(C)CCc1c[c]cc(CCC(C)C)c1O.